The van der Waals surface area contributed by atoms with Crippen molar-refractivity contribution in [2.45, 2.75) is 38.1 Å². The zero-order valence-corrected chi connectivity index (χ0v) is 13.7. The molecule has 0 aliphatic heterocycles. The molecule has 0 heterocycles. The molecule has 0 amide bonds. The Morgan fingerprint density at radius 2 is 1.62 bits per heavy atom. The van der Waals surface area contributed by atoms with Crippen molar-refractivity contribution in [1.82, 2.24) is 4.72 Å². The maximum Gasteiger partial charge on any atom is 0.125 e. The second-order valence-corrected chi connectivity index (χ2v) is 6.98. The van der Waals surface area contributed by atoms with Gasteiger partial charge >= 0.3 is 0 Å². The van der Waals surface area contributed by atoms with Crippen molar-refractivity contribution in [1.29, 1.82) is 0 Å². The summed E-state index contributed by atoms with van der Waals surface area (Å²) in [4.78, 5) is 0.833. The molecular formula is C18H23NOS. The van der Waals surface area contributed by atoms with Crippen LogP contribution in [0.15, 0.2) is 59.5 Å². The molecule has 3 heteroatoms. The smallest absolute Gasteiger partial charge is 0.125 e. The molecule has 0 aromatic heterocycles. The van der Waals surface area contributed by atoms with Crippen LogP contribution >= 0.6 is 0 Å². The van der Waals surface area contributed by atoms with Crippen molar-refractivity contribution in [2.75, 3.05) is 0 Å². The van der Waals surface area contributed by atoms with E-state index in [2.05, 4.69) is 30.7 Å². The normalized spacial score (nSPS) is 14.1. The number of aryl methyl sites for hydroxylation is 1. The van der Waals surface area contributed by atoms with Crippen LogP contribution in [-0.2, 0) is 17.4 Å². The monoisotopic (exact) mass is 301 g/mol. The lowest BCUT2D eigenvalue weighted by Gasteiger charge is -2.22. The molecule has 2 aromatic carbocycles. The number of benzene rings is 2. The Kier molecular flexibility index (Phi) is 5.71. The van der Waals surface area contributed by atoms with Gasteiger partial charge in [-0.25, -0.2) is 8.93 Å². The van der Waals surface area contributed by atoms with Crippen molar-refractivity contribution in [3.63, 3.8) is 0 Å². The van der Waals surface area contributed by atoms with E-state index in [1.54, 1.807) is 0 Å². The second kappa shape index (κ2) is 7.53. The van der Waals surface area contributed by atoms with Crippen LogP contribution in [0, 0.1) is 12.8 Å². The third-order valence-electron chi connectivity index (χ3n) is 3.60. The van der Waals surface area contributed by atoms with Crippen LogP contribution in [-0.4, -0.2) is 10.3 Å². The van der Waals surface area contributed by atoms with Crippen LogP contribution in [0.2, 0.25) is 0 Å². The minimum atomic E-state index is -1.17. The summed E-state index contributed by atoms with van der Waals surface area (Å²) in [5, 5.41) is 0. The molecule has 2 nitrogen and oxygen atoms in total. The van der Waals surface area contributed by atoms with Crippen molar-refractivity contribution in [3.05, 3.63) is 65.7 Å². The van der Waals surface area contributed by atoms with Gasteiger partial charge in [-0.05, 0) is 37.0 Å². The standard InChI is InChI=1S/C18H23NOS/c1-14(2)18(13-16-7-5-4-6-8-16)19-21(20)17-11-9-15(3)10-12-17/h4-12,14,18-19H,13H2,1-3H3. The van der Waals surface area contributed by atoms with Crippen LogP contribution in [0.1, 0.15) is 25.0 Å². The molecule has 0 aliphatic carbocycles. The lowest BCUT2D eigenvalue weighted by Crippen LogP contribution is -2.37. The summed E-state index contributed by atoms with van der Waals surface area (Å²) in [5.41, 5.74) is 2.45. The molecule has 0 fully saturated rings. The number of hydrogen-bond acceptors (Lipinski definition) is 1. The molecule has 0 radical (unpaired) electrons. The average molecular weight is 301 g/mol. The first kappa shape index (κ1) is 15.9. The highest BCUT2D eigenvalue weighted by Gasteiger charge is 2.17. The molecule has 0 saturated carbocycles. The van der Waals surface area contributed by atoms with Gasteiger partial charge in [-0.1, -0.05) is 61.9 Å². The third kappa shape index (κ3) is 4.80. The van der Waals surface area contributed by atoms with Crippen molar-refractivity contribution >= 4 is 11.0 Å². The second-order valence-electron chi connectivity index (χ2n) is 5.74. The zero-order valence-electron chi connectivity index (χ0n) is 12.9. The first-order chi connectivity index (χ1) is 10.1. The summed E-state index contributed by atoms with van der Waals surface area (Å²) in [7, 11) is -1.17. The first-order valence-corrected chi connectivity index (χ1v) is 8.50. The largest absolute Gasteiger partial charge is 0.237 e. The van der Waals surface area contributed by atoms with E-state index in [0.717, 1.165) is 11.3 Å². The van der Waals surface area contributed by atoms with Gasteiger partial charge < -0.3 is 0 Å². The predicted octanol–water partition coefficient (Wildman–Crippen LogP) is 3.87. The third-order valence-corrected chi connectivity index (χ3v) is 4.81. The fourth-order valence-corrected chi connectivity index (χ4v) is 3.30. The van der Waals surface area contributed by atoms with E-state index in [-0.39, 0.29) is 6.04 Å². The van der Waals surface area contributed by atoms with Gasteiger partial charge in [0.15, 0.2) is 0 Å². The van der Waals surface area contributed by atoms with Crippen molar-refractivity contribution < 1.29 is 4.21 Å². The molecule has 1 N–H and O–H groups in total. The Bertz CT molecular complexity index is 578. The van der Waals surface area contributed by atoms with E-state index in [1.807, 2.05) is 49.4 Å². The van der Waals surface area contributed by atoms with Crippen LogP contribution in [0.25, 0.3) is 0 Å². The highest BCUT2D eigenvalue weighted by Crippen LogP contribution is 2.13. The van der Waals surface area contributed by atoms with Gasteiger partial charge in [-0.2, -0.15) is 0 Å². The van der Waals surface area contributed by atoms with Gasteiger partial charge in [0, 0.05) is 6.04 Å². The molecule has 0 bridgehead atoms. The summed E-state index contributed by atoms with van der Waals surface area (Å²) in [6.07, 6.45) is 0.885. The molecule has 0 aliphatic rings. The number of rotatable bonds is 6. The van der Waals surface area contributed by atoms with Gasteiger partial charge in [0.05, 0.1) is 4.90 Å². The van der Waals surface area contributed by atoms with Crippen LogP contribution in [0.3, 0.4) is 0 Å². The predicted molar refractivity (Wildman–Crippen MR) is 89.5 cm³/mol. The Morgan fingerprint density at radius 3 is 2.19 bits per heavy atom. The Morgan fingerprint density at radius 1 is 1.00 bits per heavy atom. The summed E-state index contributed by atoms with van der Waals surface area (Å²) in [6, 6.07) is 18.4. The number of hydrogen-bond donors (Lipinski definition) is 1. The molecule has 112 valence electrons. The highest BCUT2D eigenvalue weighted by molar-refractivity contribution is 7.83. The summed E-state index contributed by atoms with van der Waals surface area (Å²) < 4.78 is 15.7. The first-order valence-electron chi connectivity index (χ1n) is 7.35. The zero-order chi connectivity index (χ0) is 15.2. The maximum absolute atomic E-state index is 12.5. The molecule has 0 saturated heterocycles. The molecule has 2 atom stereocenters. The van der Waals surface area contributed by atoms with E-state index in [0.29, 0.717) is 5.92 Å². The summed E-state index contributed by atoms with van der Waals surface area (Å²) in [5.74, 6) is 0.416. The topological polar surface area (TPSA) is 29.1 Å². The fourth-order valence-electron chi connectivity index (χ4n) is 2.15. The Hall–Kier alpha value is -1.45. The molecule has 2 unspecified atom stereocenters. The minimum Gasteiger partial charge on any atom is -0.237 e. The van der Waals surface area contributed by atoms with Crippen molar-refractivity contribution in [3.8, 4) is 0 Å². The Balaban J connectivity index is 2.06. The molecule has 0 spiro atoms. The molecular weight excluding hydrogens is 278 g/mol. The number of nitrogens with one attached hydrogen (secondary N) is 1. The van der Waals surface area contributed by atoms with E-state index >= 15 is 0 Å². The summed E-state index contributed by atoms with van der Waals surface area (Å²) in [6.45, 7) is 6.35. The fraction of sp³-hybridized carbons (Fsp3) is 0.333. The average Bonchev–Trinajstić information content (AvgIpc) is 2.48. The molecule has 2 aromatic rings. The van der Waals surface area contributed by atoms with E-state index in [9.17, 15) is 4.21 Å². The van der Waals surface area contributed by atoms with Gasteiger partial charge in [0.25, 0.3) is 0 Å². The van der Waals surface area contributed by atoms with Crippen LogP contribution < -0.4 is 4.72 Å². The van der Waals surface area contributed by atoms with E-state index in [1.165, 1.54) is 11.1 Å². The lowest BCUT2D eigenvalue weighted by atomic mass is 9.97. The van der Waals surface area contributed by atoms with Crippen LogP contribution in [0.5, 0.6) is 0 Å². The molecule has 2 rings (SSSR count). The summed E-state index contributed by atoms with van der Waals surface area (Å²) >= 11 is 0. The van der Waals surface area contributed by atoms with Crippen molar-refractivity contribution in [2.24, 2.45) is 5.92 Å². The van der Waals surface area contributed by atoms with Gasteiger partial charge in [-0.3, -0.25) is 0 Å². The van der Waals surface area contributed by atoms with E-state index in [4.69, 9.17) is 0 Å². The van der Waals surface area contributed by atoms with Gasteiger partial charge in [0.1, 0.15) is 11.0 Å². The van der Waals surface area contributed by atoms with Crippen LogP contribution in [0.4, 0.5) is 0 Å². The maximum atomic E-state index is 12.5. The molecule has 21 heavy (non-hydrogen) atoms. The van der Waals surface area contributed by atoms with E-state index < -0.39 is 11.0 Å². The minimum absolute atomic E-state index is 0.189. The quantitative estimate of drug-likeness (QED) is 0.862. The highest BCUT2D eigenvalue weighted by atomic mass is 32.2. The van der Waals surface area contributed by atoms with Gasteiger partial charge in [0.2, 0.25) is 0 Å². The SMILES string of the molecule is Cc1ccc(S(=O)NC(Cc2ccccc2)C(C)C)cc1. The lowest BCUT2D eigenvalue weighted by molar-refractivity contribution is 0.457. The van der Waals surface area contributed by atoms with Gasteiger partial charge in [-0.15, -0.1) is 0 Å². The Labute approximate surface area is 130 Å².